The number of hydrogen-bond donors (Lipinski definition) is 2. The summed E-state index contributed by atoms with van der Waals surface area (Å²) in [7, 11) is 0. The Morgan fingerprint density at radius 2 is 1.53 bits per heavy atom. The third-order valence-corrected chi connectivity index (χ3v) is 6.87. The van der Waals surface area contributed by atoms with E-state index in [9.17, 15) is 14.7 Å². The van der Waals surface area contributed by atoms with Crippen LogP contribution in [0.15, 0.2) is 48.5 Å². The monoisotopic (exact) mass is 487 g/mol. The molecule has 0 aliphatic carbocycles. The maximum atomic E-state index is 12.5. The molecular formula is C29H33N3O4. The summed E-state index contributed by atoms with van der Waals surface area (Å²) in [5.74, 6) is -0.535. The van der Waals surface area contributed by atoms with E-state index in [0.29, 0.717) is 23.9 Å². The molecule has 1 saturated heterocycles. The Bertz CT molecular complexity index is 1210. The maximum Gasteiger partial charge on any atom is 0.303 e. The van der Waals surface area contributed by atoms with Gasteiger partial charge in [0.15, 0.2) is 17.2 Å². The van der Waals surface area contributed by atoms with Gasteiger partial charge < -0.3 is 15.1 Å². The van der Waals surface area contributed by atoms with E-state index in [1.54, 1.807) is 6.92 Å². The fourth-order valence-corrected chi connectivity index (χ4v) is 4.69. The van der Waals surface area contributed by atoms with Gasteiger partial charge in [0.2, 0.25) is 0 Å². The molecule has 4 rings (SSSR count). The Morgan fingerprint density at radius 1 is 0.917 bits per heavy atom. The van der Waals surface area contributed by atoms with Crippen molar-refractivity contribution in [2.45, 2.75) is 52.4 Å². The van der Waals surface area contributed by atoms with Gasteiger partial charge in [-0.1, -0.05) is 42.0 Å². The highest BCUT2D eigenvalue weighted by molar-refractivity contribution is 5.97. The van der Waals surface area contributed by atoms with Gasteiger partial charge in [0.05, 0.1) is 5.69 Å². The van der Waals surface area contributed by atoms with Gasteiger partial charge in [0, 0.05) is 38.0 Å². The lowest BCUT2D eigenvalue weighted by Crippen LogP contribution is -2.34. The summed E-state index contributed by atoms with van der Waals surface area (Å²) < 4.78 is 0. The number of aliphatic carboxylic acids is 1. The topological polar surface area (TPSA) is 104 Å². The number of nitrogens with zero attached hydrogens (tertiary/aromatic N) is 3. The molecular weight excluding hydrogens is 454 g/mol. The van der Waals surface area contributed by atoms with Crippen molar-refractivity contribution in [2.24, 2.45) is 5.92 Å². The normalized spacial score (nSPS) is 14.1. The van der Waals surface area contributed by atoms with Crippen LogP contribution in [0.5, 0.6) is 5.75 Å². The van der Waals surface area contributed by atoms with Crippen molar-refractivity contribution in [3.05, 3.63) is 71.3 Å². The van der Waals surface area contributed by atoms with Crippen LogP contribution in [0.3, 0.4) is 0 Å². The summed E-state index contributed by atoms with van der Waals surface area (Å²) in [5, 5.41) is 19.1. The van der Waals surface area contributed by atoms with Gasteiger partial charge in [-0.15, -0.1) is 0 Å². The molecule has 2 heterocycles. The molecule has 0 saturated carbocycles. The lowest BCUT2D eigenvalue weighted by molar-refractivity contribution is -0.137. The first kappa shape index (κ1) is 25.4. The zero-order valence-electron chi connectivity index (χ0n) is 20.9. The SMILES string of the molecule is Cc1ccc(-c2ccc(N3CCC(Cc4nc(C)c(O)c(C(=O)CCCC(=O)O)n4)CC3)cc2)cc1. The van der Waals surface area contributed by atoms with Crippen molar-refractivity contribution in [1.82, 2.24) is 9.97 Å². The summed E-state index contributed by atoms with van der Waals surface area (Å²) in [4.78, 5) is 34.4. The fourth-order valence-electron chi connectivity index (χ4n) is 4.69. The number of carbonyl (C=O) groups is 2. The van der Waals surface area contributed by atoms with Gasteiger partial charge >= 0.3 is 5.97 Å². The molecule has 2 aromatic carbocycles. The third kappa shape index (κ3) is 6.27. The molecule has 0 atom stereocenters. The molecule has 0 unspecified atom stereocenters. The average Bonchev–Trinajstić information content (AvgIpc) is 2.87. The van der Waals surface area contributed by atoms with Gasteiger partial charge in [0.1, 0.15) is 5.82 Å². The van der Waals surface area contributed by atoms with E-state index in [0.717, 1.165) is 25.9 Å². The molecule has 3 aromatic rings. The molecule has 188 valence electrons. The van der Waals surface area contributed by atoms with Crippen LogP contribution in [0.25, 0.3) is 11.1 Å². The van der Waals surface area contributed by atoms with Gasteiger partial charge in [-0.05, 0) is 62.3 Å². The van der Waals surface area contributed by atoms with Crippen LogP contribution in [0.2, 0.25) is 0 Å². The van der Waals surface area contributed by atoms with E-state index in [-0.39, 0.29) is 36.5 Å². The average molecular weight is 488 g/mol. The Hall–Kier alpha value is -3.74. The van der Waals surface area contributed by atoms with Crippen LogP contribution in [0, 0.1) is 19.8 Å². The molecule has 1 aromatic heterocycles. The molecule has 0 amide bonds. The number of benzene rings is 2. The zero-order chi connectivity index (χ0) is 25.7. The standard InChI is InChI=1S/C29H33N3O4/c1-19-6-8-22(9-7-19)23-10-12-24(13-11-23)32-16-14-21(15-17-32)18-26-30-20(2)29(36)28(31-26)25(33)4-3-5-27(34)35/h6-13,21,36H,3-5,14-18H2,1-2H3,(H,34,35). The van der Waals surface area contributed by atoms with Gasteiger partial charge in [-0.3, -0.25) is 9.59 Å². The lowest BCUT2D eigenvalue weighted by Gasteiger charge is -2.33. The Balaban J connectivity index is 1.35. The van der Waals surface area contributed by atoms with Crippen LogP contribution in [0.1, 0.15) is 59.7 Å². The van der Waals surface area contributed by atoms with E-state index >= 15 is 0 Å². The van der Waals surface area contributed by atoms with E-state index in [1.807, 2.05) is 0 Å². The minimum absolute atomic E-state index is 0.00833. The molecule has 36 heavy (non-hydrogen) atoms. The number of aromatic hydroxyl groups is 1. The van der Waals surface area contributed by atoms with Crippen LogP contribution >= 0.6 is 0 Å². The highest BCUT2D eigenvalue weighted by Gasteiger charge is 2.23. The smallest absolute Gasteiger partial charge is 0.303 e. The fraction of sp³-hybridized carbons (Fsp3) is 0.379. The van der Waals surface area contributed by atoms with Gasteiger partial charge in [0.25, 0.3) is 0 Å². The number of rotatable bonds is 9. The number of hydrogen-bond acceptors (Lipinski definition) is 6. The molecule has 1 aliphatic rings. The maximum absolute atomic E-state index is 12.5. The molecule has 2 N–H and O–H groups in total. The first-order chi connectivity index (χ1) is 17.3. The Morgan fingerprint density at radius 3 is 2.14 bits per heavy atom. The summed E-state index contributed by atoms with van der Waals surface area (Å²) in [5.41, 5.74) is 5.29. The predicted molar refractivity (Wildman–Crippen MR) is 140 cm³/mol. The molecule has 7 heteroatoms. The van der Waals surface area contributed by atoms with E-state index in [1.165, 1.54) is 22.4 Å². The second-order valence-electron chi connectivity index (χ2n) is 9.64. The van der Waals surface area contributed by atoms with Crippen LogP contribution in [-0.4, -0.2) is 45.0 Å². The number of anilines is 1. The summed E-state index contributed by atoms with van der Waals surface area (Å²) in [6, 6.07) is 17.3. The van der Waals surface area contributed by atoms with Crippen molar-refractivity contribution in [3.63, 3.8) is 0 Å². The quantitative estimate of drug-likeness (QED) is 0.392. The number of piperidine rings is 1. The summed E-state index contributed by atoms with van der Waals surface area (Å²) >= 11 is 0. The highest BCUT2D eigenvalue weighted by Crippen LogP contribution is 2.29. The molecule has 7 nitrogen and oxygen atoms in total. The number of Topliss-reactive ketones (excluding diaryl/α,β-unsaturated/α-hetero) is 1. The number of carboxylic acid groups (broad SMARTS) is 1. The second kappa shape index (κ2) is 11.3. The number of ketones is 1. The predicted octanol–water partition coefficient (Wildman–Crippen LogP) is 5.36. The van der Waals surface area contributed by atoms with E-state index in [4.69, 9.17) is 5.11 Å². The van der Waals surface area contributed by atoms with Crippen LogP contribution in [0.4, 0.5) is 5.69 Å². The number of aryl methyl sites for hydroxylation is 2. The molecule has 0 radical (unpaired) electrons. The molecule has 1 fully saturated rings. The van der Waals surface area contributed by atoms with Gasteiger partial charge in [-0.25, -0.2) is 9.97 Å². The molecule has 0 spiro atoms. The zero-order valence-corrected chi connectivity index (χ0v) is 20.9. The summed E-state index contributed by atoms with van der Waals surface area (Å²) in [6.45, 7) is 5.63. The van der Waals surface area contributed by atoms with E-state index < -0.39 is 5.97 Å². The molecule has 1 aliphatic heterocycles. The first-order valence-corrected chi connectivity index (χ1v) is 12.5. The third-order valence-electron chi connectivity index (χ3n) is 6.87. The number of carbonyl (C=O) groups excluding carboxylic acids is 1. The minimum atomic E-state index is -0.944. The Labute approximate surface area is 211 Å². The van der Waals surface area contributed by atoms with Crippen LogP contribution < -0.4 is 4.90 Å². The second-order valence-corrected chi connectivity index (χ2v) is 9.64. The van der Waals surface area contributed by atoms with Gasteiger partial charge in [-0.2, -0.15) is 0 Å². The first-order valence-electron chi connectivity index (χ1n) is 12.5. The van der Waals surface area contributed by atoms with E-state index in [2.05, 4.69) is 70.3 Å². The number of aromatic nitrogens is 2. The van der Waals surface area contributed by atoms with Crippen molar-refractivity contribution >= 4 is 17.4 Å². The number of carboxylic acids is 1. The van der Waals surface area contributed by atoms with Crippen molar-refractivity contribution < 1.29 is 19.8 Å². The van der Waals surface area contributed by atoms with Crippen molar-refractivity contribution in [1.29, 1.82) is 0 Å². The highest BCUT2D eigenvalue weighted by atomic mass is 16.4. The van der Waals surface area contributed by atoms with Crippen LogP contribution in [-0.2, 0) is 11.2 Å². The Kier molecular flexibility index (Phi) is 7.98. The molecule has 0 bridgehead atoms. The van der Waals surface area contributed by atoms with Crippen molar-refractivity contribution in [3.8, 4) is 16.9 Å². The lowest BCUT2D eigenvalue weighted by atomic mass is 9.92. The largest absolute Gasteiger partial charge is 0.504 e. The summed E-state index contributed by atoms with van der Waals surface area (Å²) in [6.07, 6.45) is 2.80. The minimum Gasteiger partial charge on any atom is -0.504 e. The van der Waals surface area contributed by atoms with Crippen molar-refractivity contribution in [2.75, 3.05) is 18.0 Å².